The normalized spacial score (nSPS) is 15.3. The van der Waals surface area contributed by atoms with Gasteiger partial charge < -0.3 is 5.11 Å². The smallest absolute Gasteiger partial charge is 0.240 e. The lowest BCUT2D eigenvalue weighted by Crippen LogP contribution is -2.39. The van der Waals surface area contributed by atoms with Gasteiger partial charge in [-0.3, -0.25) is 0 Å². The van der Waals surface area contributed by atoms with Crippen LogP contribution in [0.5, 0.6) is 0 Å². The van der Waals surface area contributed by atoms with Gasteiger partial charge in [-0.1, -0.05) is 36.4 Å². The van der Waals surface area contributed by atoms with E-state index in [4.69, 9.17) is 0 Å². The van der Waals surface area contributed by atoms with Crippen LogP contribution in [0.4, 0.5) is 0 Å². The maximum Gasteiger partial charge on any atom is 0.240 e. The number of aliphatic hydroxyl groups is 1. The summed E-state index contributed by atoms with van der Waals surface area (Å²) in [6.07, 6.45) is 3.50. The van der Waals surface area contributed by atoms with E-state index in [-0.39, 0.29) is 11.5 Å². The molecule has 0 amide bonds. The highest BCUT2D eigenvalue weighted by atomic mass is 32.2. The molecule has 0 aliphatic heterocycles. The Bertz CT molecular complexity index is 772. The van der Waals surface area contributed by atoms with Gasteiger partial charge in [-0.15, -0.1) is 0 Å². The van der Waals surface area contributed by atoms with Gasteiger partial charge in [0.05, 0.1) is 11.5 Å². The summed E-state index contributed by atoms with van der Waals surface area (Å²) in [5, 5.41) is 9.53. The molecule has 2 N–H and O–H groups in total. The molecule has 1 aliphatic rings. The highest BCUT2D eigenvalue weighted by Crippen LogP contribution is 2.24. The quantitative estimate of drug-likeness (QED) is 0.851. The van der Waals surface area contributed by atoms with Crippen molar-refractivity contribution in [2.24, 2.45) is 0 Å². The lowest BCUT2D eigenvalue weighted by atomic mass is 10.1. The summed E-state index contributed by atoms with van der Waals surface area (Å²) >= 11 is 0. The molecule has 23 heavy (non-hydrogen) atoms. The molecule has 1 atom stereocenters. The Kier molecular flexibility index (Phi) is 4.80. The van der Waals surface area contributed by atoms with Crippen LogP contribution in [-0.2, 0) is 29.3 Å². The number of hydrogen-bond donors (Lipinski definition) is 2. The second-order valence-corrected chi connectivity index (χ2v) is 7.69. The maximum absolute atomic E-state index is 12.6. The number of benzene rings is 2. The topological polar surface area (TPSA) is 66.4 Å². The third-order valence-electron chi connectivity index (χ3n) is 4.25. The largest absolute Gasteiger partial charge is 0.395 e. The molecular formula is C18H21NO3S. The van der Waals surface area contributed by atoms with E-state index in [0.717, 1.165) is 30.4 Å². The Morgan fingerprint density at radius 2 is 1.78 bits per heavy atom. The fourth-order valence-electron chi connectivity index (χ4n) is 3.04. The third kappa shape index (κ3) is 3.80. The minimum atomic E-state index is -3.62. The molecule has 0 fully saturated rings. The average Bonchev–Trinajstić information content (AvgIpc) is 3.02. The van der Waals surface area contributed by atoms with Gasteiger partial charge in [0.15, 0.2) is 0 Å². The average molecular weight is 331 g/mol. The molecule has 3 rings (SSSR count). The Balaban J connectivity index is 1.76. The molecule has 0 spiro atoms. The van der Waals surface area contributed by atoms with Crippen molar-refractivity contribution in [2.45, 2.75) is 36.6 Å². The van der Waals surface area contributed by atoms with Crippen molar-refractivity contribution in [2.75, 3.05) is 6.61 Å². The standard InChI is InChI=1S/C18H21NO3S/c20-13-17(11-14-5-2-1-3-6-14)19-23(21,22)18-10-9-15-7-4-8-16(15)12-18/h1-3,5-6,9-10,12,17,19-20H,4,7-8,11,13H2. The van der Waals surface area contributed by atoms with Crippen LogP contribution in [0.2, 0.25) is 0 Å². The zero-order valence-electron chi connectivity index (χ0n) is 12.9. The molecule has 2 aromatic rings. The van der Waals surface area contributed by atoms with Crippen molar-refractivity contribution >= 4 is 10.0 Å². The van der Waals surface area contributed by atoms with Gasteiger partial charge in [-0.25, -0.2) is 13.1 Å². The van der Waals surface area contributed by atoms with E-state index in [9.17, 15) is 13.5 Å². The number of rotatable bonds is 6. The highest BCUT2D eigenvalue weighted by Gasteiger charge is 2.22. The van der Waals surface area contributed by atoms with Gasteiger partial charge in [0.2, 0.25) is 10.0 Å². The molecule has 0 bridgehead atoms. The first kappa shape index (κ1) is 16.2. The summed E-state index contributed by atoms with van der Waals surface area (Å²) in [7, 11) is -3.62. The first-order valence-corrected chi connectivity index (χ1v) is 9.36. The monoisotopic (exact) mass is 331 g/mol. The van der Waals surface area contributed by atoms with Crippen LogP contribution in [0.25, 0.3) is 0 Å². The SMILES string of the molecule is O=S(=O)(NC(CO)Cc1ccccc1)c1ccc2c(c1)CCC2. The number of hydrogen-bond acceptors (Lipinski definition) is 3. The van der Waals surface area contributed by atoms with Gasteiger partial charge in [-0.2, -0.15) is 0 Å². The molecule has 2 aromatic carbocycles. The molecule has 1 aliphatic carbocycles. The number of aryl methyl sites for hydroxylation is 2. The fourth-order valence-corrected chi connectivity index (χ4v) is 4.32. The Labute approximate surface area is 137 Å². The molecule has 0 aromatic heterocycles. The van der Waals surface area contributed by atoms with Crippen molar-refractivity contribution in [1.29, 1.82) is 0 Å². The summed E-state index contributed by atoms with van der Waals surface area (Å²) in [6.45, 7) is -0.237. The van der Waals surface area contributed by atoms with Gasteiger partial charge in [-0.05, 0) is 54.5 Å². The fraction of sp³-hybridized carbons (Fsp3) is 0.333. The van der Waals surface area contributed by atoms with Crippen LogP contribution in [0.15, 0.2) is 53.4 Å². The molecule has 0 radical (unpaired) electrons. The molecule has 1 unspecified atom stereocenters. The molecule has 122 valence electrons. The molecular weight excluding hydrogens is 310 g/mol. The first-order chi connectivity index (χ1) is 11.1. The molecule has 0 saturated carbocycles. The number of fused-ring (bicyclic) bond motifs is 1. The van der Waals surface area contributed by atoms with Crippen LogP contribution in [0.1, 0.15) is 23.1 Å². The van der Waals surface area contributed by atoms with Gasteiger partial charge in [0.25, 0.3) is 0 Å². The summed E-state index contributed by atoms with van der Waals surface area (Å²) in [5.74, 6) is 0. The van der Waals surface area contributed by atoms with Crippen molar-refractivity contribution in [3.8, 4) is 0 Å². The lowest BCUT2D eigenvalue weighted by molar-refractivity contribution is 0.256. The lowest BCUT2D eigenvalue weighted by Gasteiger charge is -2.17. The van der Waals surface area contributed by atoms with E-state index < -0.39 is 16.1 Å². The number of sulfonamides is 1. The van der Waals surface area contributed by atoms with E-state index in [1.807, 2.05) is 36.4 Å². The number of aliphatic hydroxyl groups excluding tert-OH is 1. The summed E-state index contributed by atoms with van der Waals surface area (Å²) in [4.78, 5) is 0.282. The molecule has 4 nitrogen and oxygen atoms in total. The zero-order valence-corrected chi connectivity index (χ0v) is 13.7. The molecule has 5 heteroatoms. The summed E-state index contributed by atoms with van der Waals surface area (Å²) in [5.41, 5.74) is 3.35. The minimum absolute atomic E-state index is 0.237. The predicted octanol–water partition coefficient (Wildman–Crippen LogP) is 2.06. The molecule has 0 saturated heterocycles. The van der Waals surface area contributed by atoms with Gasteiger partial charge >= 0.3 is 0 Å². The summed E-state index contributed by atoms with van der Waals surface area (Å²) in [6, 6.07) is 14.4. The second-order valence-electron chi connectivity index (χ2n) is 5.97. The predicted molar refractivity (Wildman–Crippen MR) is 89.8 cm³/mol. The molecule has 0 heterocycles. The second kappa shape index (κ2) is 6.83. The van der Waals surface area contributed by atoms with Crippen LogP contribution in [0, 0.1) is 0 Å². The maximum atomic E-state index is 12.6. The van der Waals surface area contributed by atoms with E-state index >= 15 is 0 Å². The van der Waals surface area contributed by atoms with Crippen LogP contribution in [0.3, 0.4) is 0 Å². The third-order valence-corrected chi connectivity index (χ3v) is 5.77. The minimum Gasteiger partial charge on any atom is -0.395 e. The van der Waals surface area contributed by atoms with Gasteiger partial charge in [0, 0.05) is 6.04 Å². The van der Waals surface area contributed by atoms with E-state index in [1.165, 1.54) is 5.56 Å². The van der Waals surface area contributed by atoms with Gasteiger partial charge in [0.1, 0.15) is 0 Å². The Morgan fingerprint density at radius 1 is 1.04 bits per heavy atom. The van der Waals surface area contributed by atoms with Crippen molar-refractivity contribution in [1.82, 2.24) is 4.72 Å². The van der Waals surface area contributed by atoms with E-state index in [0.29, 0.717) is 6.42 Å². The first-order valence-electron chi connectivity index (χ1n) is 7.87. The van der Waals surface area contributed by atoms with E-state index in [2.05, 4.69) is 4.72 Å². The Hall–Kier alpha value is -1.69. The zero-order chi connectivity index (χ0) is 16.3. The highest BCUT2D eigenvalue weighted by molar-refractivity contribution is 7.89. The van der Waals surface area contributed by atoms with Crippen LogP contribution < -0.4 is 4.72 Å². The van der Waals surface area contributed by atoms with Crippen LogP contribution >= 0.6 is 0 Å². The van der Waals surface area contributed by atoms with Crippen molar-refractivity contribution < 1.29 is 13.5 Å². The van der Waals surface area contributed by atoms with Crippen molar-refractivity contribution in [3.63, 3.8) is 0 Å². The van der Waals surface area contributed by atoms with Crippen LogP contribution in [-0.4, -0.2) is 26.2 Å². The Morgan fingerprint density at radius 3 is 2.52 bits per heavy atom. The van der Waals surface area contributed by atoms with E-state index in [1.54, 1.807) is 12.1 Å². The number of nitrogens with one attached hydrogen (secondary N) is 1. The van der Waals surface area contributed by atoms with Crippen molar-refractivity contribution in [3.05, 3.63) is 65.2 Å². The summed E-state index contributed by atoms with van der Waals surface area (Å²) < 4.78 is 27.8.